The summed E-state index contributed by atoms with van der Waals surface area (Å²) in [5.74, 6) is -0.225. The minimum Gasteiger partial charge on any atom is -0.409 e. The first-order valence-corrected chi connectivity index (χ1v) is 6.03. The zero-order valence-electron chi connectivity index (χ0n) is 8.09. The number of nitrogens with two attached hydrogens (primary N) is 1. The van der Waals surface area contributed by atoms with Crippen molar-refractivity contribution < 1.29 is 13.6 Å². The van der Waals surface area contributed by atoms with E-state index in [4.69, 9.17) is 22.5 Å². The maximum atomic E-state index is 11.6. The number of oxime groups is 1. The van der Waals surface area contributed by atoms with Crippen molar-refractivity contribution in [1.29, 1.82) is 0 Å². The van der Waals surface area contributed by atoms with Gasteiger partial charge >= 0.3 is 0 Å². The normalized spacial score (nSPS) is 12.7. The summed E-state index contributed by atoms with van der Waals surface area (Å²) in [4.78, 5) is 0.0580. The fraction of sp³-hybridized carbons (Fsp3) is 0.125. The first-order valence-electron chi connectivity index (χ1n) is 4.17. The quantitative estimate of drug-likeness (QED) is 0.316. The van der Waals surface area contributed by atoms with Crippen LogP contribution in [0.25, 0.3) is 0 Å². The second-order valence-electron chi connectivity index (χ2n) is 2.87. The van der Waals surface area contributed by atoms with Crippen LogP contribution < -0.4 is 10.5 Å². The van der Waals surface area contributed by atoms with Crippen LogP contribution in [-0.2, 0) is 10.0 Å². The summed E-state index contributed by atoms with van der Waals surface area (Å²) in [6.45, 7) is -0.262. The molecule has 0 spiro atoms. The van der Waals surface area contributed by atoms with Gasteiger partial charge in [0.2, 0.25) is 10.0 Å². The van der Waals surface area contributed by atoms with Gasteiger partial charge in [-0.15, -0.1) is 0 Å². The largest absolute Gasteiger partial charge is 0.409 e. The van der Waals surface area contributed by atoms with Crippen molar-refractivity contribution in [1.82, 2.24) is 4.72 Å². The van der Waals surface area contributed by atoms with E-state index in [0.29, 0.717) is 5.02 Å². The lowest BCUT2D eigenvalue weighted by molar-refractivity contribution is 0.317. The van der Waals surface area contributed by atoms with E-state index < -0.39 is 10.0 Å². The van der Waals surface area contributed by atoms with Crippen molar-refractivity contribution >= 4 is 27.5 Å². The molecule has 0 radical (unpaired) electrons. The van der Waals surface area contributed by atoms with Gasteiger partial charge in [-0.3, -0.25) is 0 Å². The van der Waals surface area contributed by atoms with Gasteiger partial charge in [0.05, 0.1) is 11.4 Å². The van der Waals surface area contributed by atoms with Gasteiger partial charge in [0.15, 0.2) is 5.84 Å². The molecule has 6 nitrogen and oxygen atoms in total. The Morgan fingerprint density at radius 2 is 2.00 bits per heavy atom. The van der Waals surface area contributed by atoms with E-state index >= 15 is 0 Å². The summed E-state index contributed by atoms with van der Waals surface area (Å²) in [6, 6.07) is 5.63. The smallest absolute Gasteiger partial charge is 0.240 e. The molecule has 0 fully saturated rings. The Morgan fingerprint density at radius 3 is 2.50 bits per heavy atom. The molecule has 88 valence electrons. The van der Waals surface area contributed by atoms with E-state index in [1.165, 1.54) is 24.3 Å². The predicted molar refractivity (Wildman–Crippen MR) is 60.0 cm³/mol. The lowest BCUT2D eigenvalue weighted by Crippen LogP contribution is -2.33. The average molecular weight is 264 g/mol. The second kappa shape index (κ2) is 5.15. The van der Waals surface area contributed by atoms with Crippen molar-refractivity contribution in [2.24, 2.45) is 10.9 Å². The number of rotatable bonds is 4. The molecule has 0 amide bonds. The van der Waals surface area contributed by atoms with E-state index in [-0.39, 0.29) is 17.3 Å². The molecule has 0 bridgehead atoms. The summed E-state index contributed by atoms with van der Waals surface area (Å²) in [5, 5.41) is 11.3. The average Bonchev–Trinajstić information content (AvgIpc) is 2.26. The van der Waals surface area contributed by atoms with Crippen LogP contribution in [0.3, 0.4) is 0 Å². The Balaban J connectivity index is 2.82. The molecule has 0 aromatic heterocycles. The highest BCUT2D eigenvalue weighted by Gasteiger charge is 2.13. The third-order valence-corrected chi connectivity index (χ3v) is 3.36. The molecular formula is C8H10ClN3O3S. The maximum absolute atomic E-state index is 11.6. The SMILES string of the molecule is N/C(CNS(=O)(=O)c1ccc(Cl)cc1)=N\O. The number of hydrogen-bond acceptors (Lipinski definition) is 4. The molecule has 4 N–H and O–H groups in total. The summed E-state index contributed by atoms with van der Waals surface area (Å²) in [5.41, 5.74) is 5.13. The van der Waals surface area contributed by atoms with Crippen LogP contribution >= 0.6 is 11.6 Å². The molecule has 0 aliphatic heterocycles. The lowest BCUT2D eigenvalue weighted by atomic mass is 10.4. The fourth-order valence-corrected chi connectivity index (χ4v) is 2.03. The van der Waals surface area contributed by atoms with Crippen molar-refractivity contribution in [2.75, 3.05) is 6.54 Å². The molecule has 0 atom stereocenters. The monoisotopic (exact) mass is 263 g/mol. The third kappa shape index (κ3) is 3.37. The Bertz CT molecular complexity index is 484. The van der Waals surface area contributed by atoms with Gasteiger partial charge in [-0.1, -0.05) is 16.8 Å². The van der Waals surface area contributed by atoms with Gasteiger partial charge in [-0.25, -0.2) is 13.1 Å². The standard InChI is InChI=1S/C8H10ClN3O3S/c9-6-1-3-7(4-2-6)16(14,15)11-5-8(10)12-13/h1-4,11,13H,5H2,(H2,10,12). The molecule has 0 heterocycles. The minimum atomic E-state index is -3.66. The van der Waals surface area contributed by atoms with Crippen LogP contribution in [0.5, 0.6) is 0 Å². The molecule has 8 heteroatoms. The van der Waals surface area contributed by atoms with E-state index in [9.17, 15) is 8.42 Å². The topological polar surface area (TPSA) is 105 Å². The van der Waals surface area contributed by atoms with Gasteiger partial charge < -0.3 is 10.9 Å². The Labute approximate surface area is 97.8 Å². The molecule has 16 heavy (non-hydrogen) atoms. The zero-order valence-corrected chi connectivity index (χ0v) is 9.66. The predicted octanol–water partition coefficient (Wildman–Crippen LogP) is 0.365. The Kier molecular flexibility index (Phi) is 4.11. The van der Waals surface area contributed by atoms with E-state index in [1.807, 2.05) is 0 Å². The Hall–Kier alpha value is -1.31. The second-order valence-corrected chi connectivity index (χ2v) is 5.07. The molecule has 1 aromatic rings. The number of halogens is 1. The van der Waals surface area contributed by atoms with Gasteiger partial charge in [-0.05, 0) is 24.3 Å². The first kappa shape index (κ1) is 12.8. The number of benzene rings is 1. The van der Waals surface area contributed by atoms with Crippen molar-refractivity contribution in [3.8, 4) is 0 Å². The minimum absolute atomic E-state index is 0.0580. The van der Waals surface area contributed by atoms with Gasteiger partial charge in [0, 0.05) is 5.02 Å². The molecule has 0 aliphatic carbocycles. The summed E-state index contributed by atoms with van der Waals surface area (Å²) < 4.78 is 25.4. The van der Waals surface area contributed by atoms with Crippen LogP contribution in [0.1, 0.15) is 0 Å². The van der Waals surface area contributed by atoms with Crippen LogP contribution in [0.15, 0.2) is 34.3 Å². The highest BCUT2D eigenvalue weighted by molar-refractivity contribution is 7.89. The van der Waals surface area contributed by atoms with Gasteiger partial charge in [0.1, 0.15) is 0 Å². The van der Waals surface area contributed by atoms with Crippen LogP contribution in [0.4, 0.5) is 0 Å². The third-order valence-electron chi connectivity index (χ3n) is 1.70. The molecule has 1 aromatic carbocycles. The van der Waals surface area contributed by atoms with E-state index in [2.05, 4.69) is 9.88 Å². The van der Waals surface area contributed by atoms with Crippen molar-refractivity contribution in [3.63, 3.8) is 0 Å². The van der Waals surface area contributed by atoms with Crippen molar-refractivity contribution in [3.05, 3.63) is 29.3 Å². The van der Waals surface area contributed by atoms with Gasteiger partial charge in [0.25, 0.3) is 0 Å². The molecule has 0 aliphatic rings. The number of hydrogen-bond donors (Lipinski definition) is 3. The molecule has 0 saturated heterocycles. The molecule has 1 rings (SSSR count). The number of sulfonamides is 1. The Morgan fingerprint density at radius 1 is 1.44 bits per heavy atom. The molecule has 0 saturated carbocycles. The number of nitrogens with zero attached hydrogens (tertiary/aromatic N) is 1. The summed E-state index contributed by atoms with van der Waals surface area (Å²) in [7, 11) is -3.66. The highest BCUT2D eigenvalue weighted by Crippen LogP contribution is 2.13. The molecular weight excluding hydrogens is 254 g/mol. The molecule has 0 unspecified atom stereocenters. The fourth-order valence-electron chi connectivity index (χ4n) is 0.901. The van der Waals surface area contributed by atoms with E-state index in [1.54, 1.807) is 0 Å². The first-order chi connectivity index (χ1) is 7.45. The summed E-state index contributed by atoms with van der Waals surface area (Å²) in [6.07, 6.45) is 0. The van der Waals surface area contributed by atoms with Crippen molar-refractivity contribution in [2.45, 2.75) is 4.90 Å². The van der Waals surface area contributed by atoms with Crippen LogP contribution in [0.2, 0.25) is 5.02 Å². The van der Waals surface area contributed by atoms with Crippen LogP contribution in [0, 0.1) is 0 Å². The maximum Gasteiger partial charge on any atom is 0.240 e. The van der Waals surface area contributed by atoms with E-state index in [0.717, 1.165) is 0 Å². The number of amidine groups is 1. The zero-order chi connectivity index (χ0) is 12.2. The highest BCUT2D eigenvalue weighted by atomic mass is 35.5. The lowest BCUT2D eigenvalue weighted by Gasteiger charge is -2.05. The van der Waals surface area contributed by atoms with Crippen LogP contribution in [-0.4, -0.2) is 26.0 Å². The summed E-state index contributed by atoms with van der Waals surface area (Å²) >= 11 is 5.62. The number of nitrogens with one attached hydrogen (secondary N) is 1. The van der Waals surface area contributed by atoms with Gasteiger partial charge in [-0.2, -0.15) is 0 Å².